The fourth-order valence-corrected chi connectivity index (χ4v) is 2.54. The van der Waals surface area contributed by atoms with Crippen LogP contribution in [0.3, 0.4) is 0 Å². The molecule has 1 aromatic carbocycles. The fourth-order valence-electron chi connectivity index (χ4n) is 2.36. The molecule has 0 spiro atoms. The van der Waals surface area contributed by atoms with Crippen molar-refractivity contribution in [3.05, 3.63) is 47.5 Å². The zero-order chi connectivity index (χ0) is 13.9. The monoisotopic (exact) mass is 290 g/mol. The van der Waals surface area contributed by atoms with Gasteiger partial charge in [0.05, 0.1) is 6.33 Å². The van der Waals surface area contributed by atoms with E-state index >= 15 is 0 Å². The Hall–Kier alpha value is -1.85. The van der Waals surface area contributed by atoms with Gasteiger partial charge in [0.1, 0.15) is 6.04 Å². The number of nitrogens with zero attached hydrogens (tertiary/aromatic N) is 2. The molecule has 1 atom stereocenters. The third kappa shape index (κ3) is 2.69. The van der Waals surface area contributed by atoms with E-state index in [1.165, 1.54) is 0 Å². The van der Waals surface area contributed by atoms with Crippen LogP contribution in [0.2, 0.25) is 5.02 Å². The minimum atomic E-state index is -0.313. The zero-order valence-corrected chi connectivity index (χ0v) is 11.6. The highest BCUT2D eigenvalue weighted by Crippen LogP contribution is 2.32. The molecule has 0 saturated heterocycles. The van der Waals surface area contributed by atoms with Gasteiger partial charge < -0.3 is 15.2 Å². The van der Waals surface area contributed by atoms with E-state index in [0.29, 0.717) is 5.02 Å². The summed E-state index contributed by atoms with van der Waals surface area (Å²) in [5.74, 6) is -0.0232. The lowest BCUT2D eigenvalue weighted by Gasteiger charge is -2.11. The van der Waals surface area contributed by atoms with Gasteiger partial charge in [0.2, 0.25) is 5.91 Å². The number of benzene rings is 1. The second-order valence-electron chi connectivity index (χ2n) is 4.76. The minimum Gasteiger partial charge on any atom is -0.337 e. The van der Waals surface area contributed by atoms with Crippen molar-refractivity contribution in [2.75, 3.05) is 11.9 Å². The molecule has 6 heteroatoms. The summed E-state index contributed by atoms with van der Waals surface area (Å²) in [4.78, 5) is 15.9. The number of halogens is 1. The van der Waals surface area contributed by atoms with E-state index in [0.717, 1.165) is 30.8 Å². The number of carbonyl (C=O) groups excluding carboxylic acids is 1. The number of aryl methyl sites for hydroxylation is 1. The van der Waals surface area contributed by atoms with Crippen LogP contribution >= 0.6 is 11.6 Å². The lowest BCUT2D eigenvalue weighted by molar-refractivity contribution is -0.117. The summed E-state index contributed by atoms with van der Waals surface area (Å²) < 4.78 is 2.02. The van der Waals surface area contributed by atoms with Gasteiger partial charge in [-0.25, -0.2) is 4.98 Å². The van der Waals surface area contributed by atoms with E-state index in [1.54, 1.807) is 18.6 Å². The molecule has 1 aliphatic rings. The summed E-state index contributed by atoms with van der Waals surface area (Å²) in [6.45, 7) is 1.63. The summed E-state index contributed by atoms with van der Waals surface area (Å²) in [5.41, 5.74) is 1.76. The highest BCUT2D eigenvalue weighted by molar-refractivity contribution is 6.31. The van der Waals surface area contributed by atoms with E-state index in [4.69, 9.17) is 11.6 Å². The highest BCUT2D eigenvalue weighted by Gasteiger charge is 2.29. The number of rotatable bonds is 5. The first-order chi connectivity index (χ1) is 9.74. The van der Waals surface area contributed by atoms with Crippen LogP contribution in [0.4, 0.5) is 5.69 Å². The number of carbonyl (C=O) groups is 1. The van der Waals surface area contributed by atoms with Gasteiger partial charge in [-0.2, -0.15) is 0 Å². The van der Waals surface area contributed by atoms with Gasteiger partial charge in [-0.15, -0.1) is 0 Å². The van der Waals surface area contributed by atoms with Crippen LogP contribution < -0.4 is 10.6 Å². The van der Waals surface area contributed by atoms with Gasteiger partial charge in [0, 0.05) is 35.2 Å². The van der Waals surface area contributed by atoms with Crippen molar-refractivity contribution < 1.29 is 4.79 Å². The highest BCUT2D eigenvalue weighted by atomic mass is 35.5. The summed E-state index contributed by atoms with van der Waals surface area (Å²) >= 11 is 5.99. The first-order valence-electron chi connectivity index (χ1n) is 6.53. The summed E-state index contributed by atoms with van der Waals surface area (Å²) in [6, 6.07) is 5.14. The molecule has 0 saturated carbocycles. The number of amides is 1. The second kappa shape index (κ2) is 5.64. The topological polar surface area (TPSA) is 59.0 Å². The van der Waals surface area contributed by atoms with Crippen molar-refractivity contribution in [1.82, 2.24) is 14.9 Å². The number of hydrogen-bond acceptors (Lipinski definition) is 3. The maximum Gasteiger partial charge on any atom is 0.246 e. The van der Waals surface area contributed by atoms with Crippen LogP contribution in [0.1, 0.15) is 18.0 Å². The third-order valence-corrected chi connectivity index (χ3v) is 3.58. The molecular weight excluding hydrogens is 276 g/mol. The Bertz CT molecular complexity index is 612. The second-order valence-corrected chi connectivity index (χ2v) is 5.20. The molecule has 104 valence electrons. The molecule has 20 heavy (non-hydrogen) atoms. The average Bonchev–Trinajstić information content (AvgIpc) is 3.03. The molecule has 0 bridgehead atoms. The normalized spacial score (nSPS) is 17.1. The smallest absolute Gasteiger partial charge is 0.246 e. The quantitative estimate of drug-likeness (QED) is 0.830. The summed E-state index contributed by atoms with van der Waals surface area (Å²) in [5, 5.41) is 6.77. The predicted molar refractivity (Wildman–Crippen MR) is 77.7 cm³/mol. The van der Waals surface area contributed by atoms with Gasteiger partial charge in [-0.1, -0.05) is 11.6 Å². The van der Waals surface area contributed by atoms with Gasteiger partial charge in [-0.3, -0.25) is 4.79 Å². The molecule has 2 N–H and O–H groups in total. The molecule has 2 aromatic rings. The van der Waals surface area contributed by atoms with Crippen molar-refractivity contribution in [2.45, 2.75) is 19.0 Å². The Balaban J connectivity index is 1.58. The Morgan fingerprint density at radius 1 is 1.45 bits per heavy atom. The van der Waals surface area contributed by atoms with Crippen LogP contribution in [-0.4, -0.2) is 22.0 Å². The fraction of sp³-hybridized carbons (Fsp3) is 0.286. The Morgan fingerprint density at radius 3 is 3.15 bits per heavy atom. The largest absolute Gasteiger partial charge is 0.337 e. The number of nitrogens with one attached hydrogen (secondary N) is 2. The SMILES string of the molecule is O=C1Nc2ccc(Cl)cc2C1NCCCn1ccnc1. The lowest BCUT2D eigenvalue weighted by atomic mass is 10.1. The van der Waals surface area contributed by atoms with Crippen molar-refractivity contribution in [3.63, 3.8) is 0 Å². The Kier molecular flexibility index (Phi) is 3.71. The van der Waals surface area contributed by atoms with E-state index in [1.807, 2.05) is 22.9 Å². The molecule has 0 aliphatic carbocycles. The van der Waals surface area contributed by atoms with Crippen LogP contribution in [0, 0.1) is 0 Å². The first kappa shape index (κ1) is 13.1. The van der Waals surface area contributed by atoms with Crippen LogP contribution in [0.15, 0.2) is 36.9 Å². The van der Waals surface area contributed by atoms with Gasteiger partial charge in [-0.05, 0) is 31.2 Å². The summed E-state index contributed by atoms with van der Waals surface area (Å²) in [6.07, 6.45) is 6.40. The predicted octanol–water partition coefficient (Wildman–Crippen LogP) is 2.21. The van der Waals surface area contributed by atoms with Crippen molar-refractivity contribution >= 4 is 23.2 Å². The number of imidazole rings is 1. The maximum atomic E-state index is 11.9. The van der Waals surface area contributed by atoms with E-state index in [9.17, 15) is 4.79 Å². The van der Waals surface area contributed by atoms with E-state index in [-0.39, 0.29) is 11.9 Å². The van der Waals surface area contributed by atoms with Gasteiger partial charge >= 0.3 is 0 Å². The lowest BCUT2D eigenvalue weighted by Crippen LogP contribution is -2.28. The molecular formula is C14H15ClN4O. The molecule has 0 fully saturated rings. The molecule has 5 nitrogen and oxygen atoms in total. The molecule has 3 rings (SSSR count). The Morgan fingerprint density at radius 2 is 2.35 bits per heavy atom. The molecule has 1 aliphatic heterocycles. The molecule has 1 unspecified atom stereocenters. The van der Waals surface area contributed by atoms with Crippen LogP contribution in [-0.2, 0) is 11.3 Å². The number of hydrogen-bond donors (Lipinski definition) is 2. The van der Waals surface area contributed by atoms with E-state index in [2.05, 4.69) is 15.6 Å². The summed E-state index contributed by atoms with van der Waals surface area (Å²) in [7, 11) is 0. The Labute approximate surface area is 122 Å². The maximum absolute atomic E-state index is 11.9. The number of aromatic nitrogens is 2. The zero-order valence-electron chi connectivity index (χ0n) is 10.8. The van der Waals surface area contributed by atoms with Crippen molar-refractivity contribution in [3.8, 4) is 0 Å². The molecule has 0 radical (unpaired) electrons. The molecule has 1 amide bonds. The minimum absolute atomic E-state index is 0.0232. The van der Waals surface area contributed by atoms with Crippen LogP contribution in [0.5, 0.6) is 0 Å². The number of fused-ring (bicyclic) bond motifs is 1. The van der Waals surface area contributed by atoms with Crippen molar-refractivity contribution in [1.29, 1.82) is 0 Å². The van der Waals surface area contributed by atoms with Gasteiger partial charge in [0.25, 0.3) is 0 Å². The van der Waals surface area contributed by atoms with Crippen molar-refractivity contribution in [2.24, 2.45) is 0 Å². The molecule has 1 aromatic heterocycles. The first-order valence-corrected chi connectivity index (χ1v) is 6.91. The van der Waals surface area contributed by atoms with Crippen LogP contribution in [0.25, 0.3) is 0 Å². The number of anilines is 1. The van der Waals surface area contributed by atoms with Gasteiger partial charge in [0.15, 0.2) is 0 Å². The van der Waals surface area contributed by atoms with E-state index < -0.39 is 0 Å². The standard InChI is InChI=1S/C14H15ClN4O/c15-10-2-3-12-11(8-10)13(14(20)18-12)17-4-1-6-19-7-5-16-9-19/h2-3,5,7-9,13,17H,1,4,6H2,(H,18,20). The average molecular weight is 291 g/mol. The molecule has 2 heterocycles. The third-order valence-electron chi connectivity index (χ3n) is 3.35.